The van der Waals surface area contributed by atoms with Crippen molar-refractivity contribution in [3.05, 3.63) is 23.8 Å². The summed E-state index contributed by atoms with van der Waals surface area (Å²) in [6.07, 6.45) is 3.40. The first-order chi connectivity index (χ1) is 10.2. The van der Waals surface area contributed by atoms with E-state index in [2.05, 4.69) is 0 Å². The van der Waals surface area contributed by atoms with E-state index in [1.165, 1.54) is 13.5 Å². The zero-order valence-corrected chi connectivity index (χ0v) is 12.5. The first kappa shape index (κ1) is 15.4. The Kier molecular flexibility index (Phi) is 5.20. The number of rotatable bonds is 5. The first-order valence-electron chi connectivity index (χ1n) is 7.24. The van der Waals surface area contributed by atoms with Crippen LogP contribution in [0.4, 0.5) is 0 Å². The summed E-state index contributed by atoms with van der Waals surface area (Å²) in [7, 11) is 1.53. The maximum Gasteiger partial charge on any atom is 0.263 e. The molecule has 0 N–H and O–H groups in total. The van der Waals surface area contributed by atoms with Crippen molar-refractivity contribution in [3.63, 3.8) is 0 Å². The number of methoxy groups -OCH3 is 1. The number of amides is 1. The number of benzene rings is 1. The fourth-order valence-corrected chi connectivity index (χ4v) is 2.47. The van der Waals surface area contributed by atoms with Gasteiger partial charge in [-0.25, -0.2) is 0 Å². The molecule has 0 aliphatic carbocycles. The van der Waals surface area contributed by atoms with Gasteiger partial charge in [-0.15, -0.1) is 0 Å². The van der Waals surface area contributed by atoms with Crippen LogP contribution < -0.4 is 9.47 Å². The predicted octanol–water partition coefficient (Wildman–Crippen LogP) is 2.29. The fourth-order valence-electron chi connectivity index (χ4n) is 2.47. The third-order valence-electron chi connectivity index (χ3n) is 3.64. The van der Waals surface area contributed by atoms with Gasteiger partial charge in [0.05, 0.1) is 7.11 Å². The zero-order chi connectivity index (χ0) is 15.2. The van der Waals surface area contributed by atoms with Crippen molar-refractivity contribution in [2.75, 3.05) is 20.2 Å². The second kappa shape index (κ2) is 7.11. The van der Waals surface area contributed by atoms with E-state index in [-0.39, 0.29) is 5.91 Å². The molecule has 21 heavy (non-hydrogen) atoms. The summed E-state index contributed by atoms with van der Waals surface area (Å²) < 4.78 is 10.9. The number of hydrogen-bond acceptors (Lipinski definition) is 4. The van der Waals surface area contributed by atoms with E-state index < -0.39 is 6.10 Å². The minimum absolute atomic E-state index is 0.0201. The molecule has 1 unspecified atom stereocenters. The molecule has 5 heteroatoms. The van der Waals surface area contributed by atoms with Crippen molar-refractivity contribution in [1.29, 1.82) is 0 Å². The van der Waals surface area contributed by atoms with Crippen LogP contribution in [0.1, 0.15) is 36.5 Å². The van der Waals surface area contributed by atoms with Gasteiger partial charge in [0, 0.05) is 18.7 Å². The number of nitrogens with zero attached hydrogens (tertiary/aromatic N) is 1. The summed E-state index contributed by atoms with van der Waals surface area (Å²) in [5.74, 6) is 0.909. The highest BCUT2D eigenvalue weighted by Gasteiger charge is 2.24. The molecule has 1 aliphatic heterocycles. The minimum atomic E-state index is -0.598. The lowest BCUT2D eigenvalue weighted by molar-refractivity contribution is -0.138. The number of piperidine rings is 1. The third kappa shape index (κ3) is 3.74. The molecule has 0 saturated carbocycles. The molecule has 1 aromatic carbocycles. The topological polar surface area (TPSA) is 55.8 Å². The van der Waals surface area contributed by atoms with Crippen LogP contribution in [0.25, 0.3) is 0 Å². The van der Waals surface area contributed by atoms with E-state index in [1.807, 2.05) is 4.90 Å². The number of carbonyl (C=O) groups is 2. The van der Waals surface area contributed by atoms with Gasteiger partial charge in [0.2, 0.25) is 0 Å². The van der Waals surface area contributed by atoms with Crippen molar-refractivity contribution in [2.45, 2.75) is 32.3 Å². The first-order valence-corrected chi connectivity index (χ1v) is 7.24. The second-order valence-corrected chi connectivity index (χ2v) is 5.17. The van der Waals surface area contributed by atoms with E-state index in [4.69, 9.17) is 9.47 Å². The average molecular weight is 291 g/mol. The summed E-state index contributed by atoms with van der Waals surface area (Å²) >= 11 is 0. The molecule has 1 atom stereocenters. The molecule has 0 bridgehead atoms. The normalized spacial score (nSPS) is 16.2. The molecule has 0 spiro atoms. The van der Waals surface area contributed by atoms with E-state index in [1.54, 1.807) is 25.1 Å². The van der Waals surface area contributed by atoms with Crippen molar-refractivity contribution in [2.24, 2.45) is 0 Å². The van der Waals surface area contributed by atoms with E-state index in [0.717, 1.165) is 32.2 Å². The highest BCUT2D eigenvalue weighted by atomic mass is 16.5. The molecule has 1 aromatic rings. The maximum absolute atomic E-state index is 12.3. The van der Waals surface area contributed by atoms with Crippen LogP contribution in [-0.4, -0.2) is 43.4 Å². The molecule has 0 radical (unpaired) electrons. The van der Waals surface area contributed by atoms with Crippen LogP contribution in [0.15, 0.2) is 18.2 Å². The standard InChI is InChI=1S/C16H21NO4/c1-12(16(19)17-8-4-3-5-9-17)21-15-10-13(11-18)6-7-14(15)20-2/h6-7,10-12H,3-5,8-9H2,1-2H3. The Morgan fingerprint density at radius 2 is 1.95 bits per heavy atom. The molecule has 5 nitrogen and oxygen atoms in total. The van der Waals surface area contributed by atoms with Crippen molar-refractivity contribution < 1.29 is 19.1 Å². The summed E-state index contributed by atoms with van der Waals surface area (Å²) in [6, 6.07) is 4.90. The number of carbonyl (C=O) groups excluding carboxylic acids is 2. The highest BCUT2D eigenvalue weighted by molar-refractivity contribution is 5.81. The molecule has 2 rings (SSSR count). The van der Waals surface area contributed by atoms with Gasteiger partial charge in [-0.3, -0.25) is 9.59 Å². The van der Waals surface area contributed by atoms with Crippen molar-refractivity contribution >= 4 is 12.2 Å². The molecule has 1 aliphatic rings. The molecule has 0 aromatic heterocycles. The van der Waals surface area contributed by atoms with Crippen LogP contribution in [0, 0.1) is 0 Å². The van der Waals surface area contributed by atoms with Crippen LogP contribution in [0.2, 0.25) is 0 Å². The molecular formula is C16H21NO4. The minimum Gasteiger partial charge on any atom is -0.493 e. The quantitative estimate of drug-likeness (QED) is 0.781. The molecular weight excluding hydrogens is 270 g/mol. The summed E-state index contributed by atoms with van der Waals surface area (Å²) in [5, 5.41) is 0. The predicted molar refractivity (Wildman–Crippen MR) is 78.9 cm³/mol. The number of hydrogen-bond donors (Lipinski definition) is 0. The smallest absolute Gasteiger partial charge is 0.263 e. The van der Waals surface area contributed by atoms with E-state index in [0.29, 0.717) is 17.1 Å². The molecule has 1 amide bonds. The summed E-state index contributed by atoms with van der Waals surface area (Å²) in [4.78, 5) is 25.0. The molecule has 1 fully saturated rings. The van der Waals surface area contributed by atoms with Gasteiger partial charge < -0.3 is 14.4 Å². The lowest BCUT2D eigenvalue weighted by atomic mass is 10.1. The third-order valence-corrected chi connectivity index (χ3v) is 3.64. The number of likely N-dealkylation sites (tertiary alicyclic amines) is 1. The van der Waals surface area contributed by atoms with Crippen LogP contribution >= 0.6 is 0 Å². The Bertz CT molecular complexity index is 509. The zero-order valence-electron chi connectivity index (χ0n) is 12.5. The van der Waals surface area contributed by atoms with Crippen molar-refractivity contribution in [1.82, 2.24) is 4.90 Å². The molecule has 114 valence electrons. The Morgan fingerprint density at radius 3 is 2.57 bits per heavy atom. The average Bonchev–Trinajstić information content (AvgIpc) is 2.54. The van der Waals surface area contributed by atoms with E-state index >= 15 is 0 Å². The van der Waals surface area contributed by atoms with Gasteiger partial charge in [-0.2, -0.15) is 0 Å². The Hall–Kier alpha value is -2.04. The van der Waals surface area contributed by atoms with Crippen molar-refractivity contribution in [3.8, 4) is 11.5 Å². The Labute approximate surface area is 124 Å². The SMILES string of the molecule is COc1ccc(C=O)cc1OC(C)C(=O)N1CCCCC1. The van der Waals surface area contributed by atoms with Crippen LogP contribution in [0.3, 0.4) is 0 Å². The van der Waals surface area contributed by atoms with Crippen LogP contribution in [-0.2, 0) is 4.79 Å². The number of aldehydes is 1. The van der Waals surface area contributed by atoms with Crippen LogP contribution in [0.5, 0.6) is 11.5 Å². The lowest BCUT2D eigenvalue weighted by Crippen LogP contribution is -2.43. The second-order valence-electron chi connectivity index (χ2n) is 5.17. The van der Waals surface area contributed by atoms with Gasteiger partial charge >= 0.3 is 0 Å². The highest BCUT2D eigenvalue weighted by Crippen LogP contribution is 2.29. The van der Waals surface area contributed by atoms with Gasteiger partial charge in [0.15, 0.2) is 17.6 Å². The van der Waals surface area contributed by atoms with E-state index in [9.17, 15) is 9.59 Å². The van der Waals surface area contributed by atoms with Gasteiger partial charge in [0.1, 0.15) is 6.29 Å². The largest absolute Gasteiger partial charge is 0.493 e. The lowest BCUT2D eigenvalue weighted by Gasteiger charge is -2.29. The molecule has 1 saturated heterocycles. The summed E-state index contributed by atoms with van der Waals surface area (Å²) in [6.45, 7) is 3.31. The van der Waals surface area contributed by atoms with Gasteiger partial charge in [-0.05, 0) is 44.4 Å². The Morgan fingerprint density at radius 1 is 1.24 bits per heavy atom. The van der Waals surface area contributed by atoms with Gasteiger partial charge in [-0.1, -0.05) is 0 Å². The monoisotopic (exact) mass is 291 g/mol. The molecule has 1 heterocycles. The number of ether oxygens (including phenoxy) is 2. The van der Waals surface area contributed by atoms with Gasteiger partial charge in [0.25, 0.3) is 5.91 Å². The summed E-state index contributed by atoms with van der Waals surface area (Å²) in [5.41, 5.74) is 0.489. The maximum atomic E-state index is 12.3. The fraction of sp³-hybridized carbons (Fsp3) is 0.500. The Balaban J connectivity index is 2.08.